The van der Waals surface area contributed by atoms with E-state index in [4.69, 9.17) is 5.73 Å². The van der Waals surface area contributed by atoms with Gasteiger partial charge in [-0.3, -0.25) is 9.59 Å². The fraction of sp³-hybridized carbons (Fsp3) is 0.529. The van der Waals surface area contributed by atoms with E-state index in [0.29, 0.717) is 17.2 Å². The second-order valence-corrected chi connectivity index (χ2v) is 6.15. The Bertz CT molecular complexity index is 557. The zero-order chi connectivity index (χ0) is 16.1. The third-order valence-electron chi connectivity index (χ3n) is 4.42. The maximum atomic E-state index is 12.1. The predicted octanol–water partition coefficient (Wildman–Crippen LogP) is 2.20. The Morgan fingerprint density at radius 3 is 2.68 bits per heavy atom. The molecule has 1 aromatic carbocycles. The van der Waals surface area contributed by atoms with Gasteiger partial charge in [-0.2, -0.15) is 0 Å². The quantitative estimate of drug-likeness (QED) is 0.779. The van der Waals surface area contributed by atoms with Crippen LogP contribution in [0.1, 0.15) is 48.5 Å². The average molecular weight is 303 g/mol. The summed E-state index contributed by atoms with van der Waals surface area (Å²) < 4.78 is 0. The fourth-order valence-electron chi connectivity index (χ4n) is 3.11. The molecular formula is C17H25N3O2. The van der Waals surface area contributed by atoms with E-state index in [1.54, 1.807) is 6.07 Å². The number of benzene rings is 1. The summed E-state index contributed by atoms with van der Waals surface area (Å²) in [6.07, 6.45) is 4.63. The number of amides is 2. The van der Waals surface area contributed by atoms with Gasteiger partial charge in [0.1, 0.15) is 0 Å². The highest BCUT2D eigenvalue weighted by molar-refractivity contribution is 6.00. The molecule has 4 N–H and O–H groups in total. The highest BCUT2D eigenvalue weighted by Crippen LogP contribution is 2.23. The Morgan fingerprint density at radius 1 is 1.27 bits per heavy atom. The van der Waals surface area contributed by atoms with Crippen molar-refractivity contribution in [3.05, 3.63) is 29.3 Å². The van der Waals surface area contributed by atoms with Crippen LogP contribution in [0, 0.1) is 12.8 Å². The highest BCUT2D eigenvalue weighted by Gasteiger charge is 2.22. The number of hydrogen-bond donors (Lipinski definition) is 3. The summed E-state index contributed by atoms with van der Waals surface area (Å²) in [5, 5.41) is 6.11. The minimum atomic E-state index is -0.484. The highest BCUT2D eigenvalue weighted by atomic mass is 16.2. The number of rotatable bonds is 5. The van der Waals surface area contributed by atoms with E-state index in [1.165, 1.54) is 19.3 Å². The first kappa shape index (κ1) is 16.3. The molecule has 1 aliphatic carbocycles. The van der Waals surface area contributed by atoms with Crippen LogP contribution in [0.5, 0.6) is 0 Å². The Morgan fingerprint density at radius 2 is 2.00 bits per heavy atom. The van der Waals surface area contributed by atoms with E-state index >= 15 is 0 Å². The summed E-state index contributed by atoms with van der Waals surface area (Å²) >= 11 is 0. The van der Waals surface area contributed by atoms with Crippen molar-refractivity contribution in [2.75, 3.05) is 11.9 Å². The summed E-state index contributed by atoms with van der Waals surface area (Å²) in [4.78, 5) is 23.6. The Hall–Kier alpha value is -2.04. The molecule has 0 radical (unpaired) electrons. The number of carbonyl (C=O) groups excluding carboxylic acids is 2. The van der Waals surface area contributed by atoms with Gasteiger partial charge >= 0.3 is 0 Å². The lowest BCUT2D eigenvalue weighted by atomic mass is 9.86. The molecule has 1 fully saturated rings. The van der Waals surface area contributed by atoms with Gasteiger partial charge in [0.2, 0.25) is 5.91 Å². The van der Waals surface area contributed by atoms with E-state index in [1.807, 2.05) is 19.1 Å². The predicted molar refractivity (Wildman–Crippen MR) is 87.7 cm³/mol. The lowest BCUT2D eigenvalue weighted by Crippen LogP contribution is -2.43. The second kappa shape index (κ2) is 7.29. The van der Waals surface area contributed by atoms with Crippen molar-refractivity contribution in [2.45, 2.75) is 45.6 Å². The van der Waals surface area contributed by atoms with E-state index in [0.717, 1.165) is 12.0 Å². The number of nitrogens with two attached hydrogens (primary N) is 1. The van der Waals surface area contributed by atoms with Gasteiger partial charge in [0.15, 0.2) is 0 Å². The summed E-state index contributed by atoms with van der Waals surface area (Å²) in [7, 11) is 0. The molecule has 120 valence electrons. The number of carbonyl (C=O) groups is 2. The van der Waals surface area contributed by atoms with Gasteiger partial charge in [-0.05, 0) is 37.3 Å². The number of primary amides is 1. The molecule has 22 heavy (non-hydrogen) atoms. The van der Waals surface area contributed by atoms with Crippen molar-refractivity contribution in [1.82, 2.24) is 5.32 Å². The molecule has 2 amide bonds. The van der Waals surface area contributed by atoms with E-state index in [2.05, 4.69) is 17.6 Å². The van der Waals surface area contributed by atoms with Crippen molar-refractivity contribution >= 4 is 17.5 Å². The van der Waals surface area contributed by atoms with Gasteiger partial charge in [0, 0.05) is 11.7 Å². The lowest BCUT2D eigenvalue weighted by Gasteiger charge is -2.29. The molecule has 5 heteroatoms. The van der Waals surface area contributed by atoms with E-state index in [-0.39, 0.29) is 18.5 Å². The third-order valence-corrected chi connectivity index (χ3v) is 4.42. The van der Waals surface area contributed by atoms with Crippen molar-refractivity contribution in [3.63, 3.8) is 0 Å². The molecule has 0 aliphatic heterocycles. The smallest absolute Gasteiger partial charge is 0.251 e. The van der Waals surface area contributed by atoms with E-state index in [9.17, 15) is 9.59 Å². The third kappa shape index (κ3) is 4.00. The number of anilines is 1. The van der Waals surface area contributed by atoms with Gasteiger partial charge in [0.05, 0.1) is 12.1 Å². The maximum absolute atomic E-state index is 12.1. The van der Waals surface area contributed by atoms with Crippen molar-refractivity contribution in [1.29, 1.82) is 0 Å². The Balaban J connectivity index is 1.94. The van der Waals surface area contributed by atoms with Crippen LogP contribution in [0.25, 0.3) is 0 Å². The topological polar surface area (TPSA) is 84.2 Å². The normalized spacial score (nSPS) is 21.2. The zero-order valence-corrected chi connectivity index (χ0v) is 13.3. The summed E-state index contributed by atoms with van der Waals surface area (Å²) in [5.74, 6) is -0.00422. The number of aryl methyl sites for hydroxylation is 1. The molecule has 1 aliphatic rings. The summed E-state index contributed by atoms with van der Waals surface area (Å²) in [6, 6.07) is 5.69. The summed E-state index contributed by atoms with van der Waals surface area (Å²) in [5.41, 5.74) is 7.27. The number of hydrogen-bond acceptors (Lipinski definition) is 3. The van der Waals surface area contributed by atoms with Crippen LogP contribution in [0.4, 0.5) is 5.69 Å². The Kier molecular flexibility index (Phi) is 5.41. The monoisotopic (exact) mass is 303 g/mol. The minimum absolute atomic E-state index is 0.0457. The summed E-state index contributed by atoms with van der Waals surface area (Å²) in [6.45, 7) is 4.16. The molecule has 0 saturated heterocycles. The van der Waals surface area contributed by atoms with Crippen molar-refractivity contribution < 1.29 is 9.59 Å². The average Bonchev–Trinajstić information content (AvgIpc) is 2.47. The van der Waals surface area contributed by atoms with Crippen molar-refractivity contribution in [3.8, 4) is 0 Å². The fourth-order valence-corrected chi connectivity index (χ4v) is 3.11. The van der Waals surface area contributed by atoms with Crippen LogP contribution in [-0.2, 0) is 4.79 Å². The largest absolute Gasteiger partial charge is 0.376 e. The molecule has 0 spiro atoms. The van der Waals surface area contributed by atoms with Crippen molar-refractivity contribution in [2.24, 2.45) is 11.7 Å². The first-order valence-corrected chi connectivity index (χ1v) is 7.91. The van der Waals surface area contributed by atoms with Crippen LogP contribution < -0.4 is 16.4 Å². The Labute approximate surface area is 131 Å². The first-order chi connectivity index (χ1) is 10.5. The van der Waals surface area contributed by atoms with Gasteiger partial charge in [0.25, 0.3) is 5.91 Å². The molecule has 2 atom stereocenters. The number of nitrogens with one attached hydrogen (secondary N) is 2. The molecule has 1 saturated carbocycles. The molecule has 2 rings (SSSR count). The minimum Gasteiger partial charge on any atom is -0.376 e. The van der Waals surface area contributed by atoms with Gasteiger partial charge < -0.3 is 16.4 Å². The van der Waals surface area contributed by atoms with Crippen LogP contribution in [0.15, 0.2) is 18.2 Å². The molecule has 0 bridgehead atoms. The molecule has 2 unspecified atom stereocenters. The first-order valence-electron chi connectivity index (χ1n) is 7.91. The molecule has 0 heterocycles. The standard InChI is InChI=1S/C17H25N3O2/c1-11-6-3-4-8-13(11)20-15(21)10-19-14-9-5-7-12(2)16(14)17(18)22/h5,7,9,11,13,19H,3-4,6,8,10H2,1-2H3,(H2,18,22)(H,20,21). The van der Waals surface area contributed by atoms with Crippen LogP contribution in [0.2, 0.25) is 0 Å². The zero-order valence-electron chi connectivity index (χ0n) is 13.3. The molecular weight excluding hydrogens is 278 g/mol. The second-order valence-electron chi connectivity index (χ2n) is 6.15. The van der Waals surface area contributed by atoms with Gasteiger partial charge in [-0.15, -0.1) is 0 Å². The van der Waals surface area contributed by atoms with E-state index < -0.39 is 5.91 Å². The van der Waals surface area contributed by atoms with Crippen LogP contribution in [0.3, 0.4) is 0 Å². The molecule has 5 nitrogen and oxygen atoms in total. The maximum Gasteiger partial charge on any atom is 0.251 e. The molecule has 1 aromatic rings. The lowest BCUT2D eigenvalue weighted by molar-refractivity contribution is -0.120. The SMILES string of the molecule is Cc1cccc(NCC(=O)NC2CCCCC2C)c1C(N)=O. The van der Waals surface area contributed by atoms with Crippen LogP contribution >= 0.6 is 0 Å². The van der Waals surface area contributed by atoms with Gasteiger partial charge in [-0.1, -0.05) is 31.9 Å². The van der Waals surface area contributed by atoms with Gasteiger partial charge in [-0.25, -0.2) is 0 Å². The molecule has 0 aromatic heterocycles. The van der Waals surface area contributed by atoms with Crippen LogP contribution in [-0.4, -0.2) is 24.4 Å².